The lowest BCUT2D eigenvalue weighted by molar-refractivity contribution is -0.139. The zero-order chi connectivity index (χ0) is 26.9. The summed E-state index contributed by atoms with van der Waals surface area (Å²) in [4.78, 5) is 34.8. The molecule has 0 unspecified atom stereocenters. The van der Waals surface area contributed by atoms with Gasteiger partial charge in [-0.25, -0.2) is 9.79 Å². The van der Waals surface area contributed by atoms with E-state index in [-0.39, 0.29) is 12.2 Å². The highest BCUT2D eigenvalue weighted by Crippen LogP contribution is 2.34. The van der Waals surface area contributed by atoms with Crippen LogP contribution in [0.2, 0.25) is 0 Å². The number of rotatable bonds is 6. The lowest BCUT2D eigenvalue weighted by Crippen LogP contribution is -2.40. The lowest BCUT2D eigenvalue weighted by Gasteiger charge is -2.25. The molecular weight excluding hydrogens is 510 g/mol. The summed E-state index contributed by atoms with van der Waals surface area (Å²) in [5.74, 6) is 1.07. The number of benzene rings is 2. The molecule has 0 radical (unpaired) electrons. The summed E-state index contributed by atoms with van der Waals surface area (Å²) in [6.07, 6.45) is 5.52. The average molecular weight is 542 g/mol. The lowest BCUT2D eigenvalue weighted by atomic mass is 9.91. The Balaban J connectivity index is 1.46. The molecule has 2 aliphatic rings. The van der Waals surface area contributed by atoms with Crippen molar-refractivity contribution < 1.29 is 13.9 Å². The number of nitrogens with zero attached hydrogens (tertiary/aromatic N) is 3. The zero-order valence-electron chi connectivity index (χ0n) is 22.2. The number of fused-ring (bicyclic) bond motifs is 2. The maximum atomic E-state index is 14.0. The van der Waals surface area contributed by atoms with Gasteiger partial charge in [-0.3, -0.25) is 14.3 Å². The maximum absolute atomic E-state index is 14.0. The molecule has 4 heterocycles. The second-order valence-corrected chi connectivity index (χ2v) is 11.0. The van der Waals surface area contributed by atoms with E-state index in [2.05, 4.69) is 4.90 Å². The van der Waals surface area contributed by atoms with E-state index in [0.29, 0.717) is 26.4 Å². The third-order valence-electron chi connectivity index (χ3n) is 7.42. The SMILES string of the molecule is CCOC(=O)C1=C(C)N=c2s/c(=C/c3ccc(CN4CCCCC4)o3)c(=O)n2[C@@H]1c1cccc2ccccc12. The number of carbonyl (C=O) groups is 1. The van der Waals surface area contributed by atoms with Crippen LogP contribution in [0, 0.1) is 0 Å². The molecule has 2 aromatic carbocycles. The summed E-state index contributed by atoms with van der Waals surface area (Å²) in [6.45, 7) is 6.77. The predicted molar refractivity (Wildman–Crippen MR) is 152 cm³/mol. The molecule has 7 nitrogen and oxygen atoms in total. The Kier molecular flexibility index (Phi) is 7.06. The molecule has 0 spiro atoms. The standard InChI is InChI=1S/C31H31N3O4S/c1-3-37-30(36)27-20(2)32-31-34(28(27)25-13-9-11-21-10-5-6-12-24(21)25)29(35)26(39-31)18-22-14-15-23(38-22)19-33-16-7-4-8-17-33/h5-6,9-15,18,28H,3-4,7-8,16-17,19H2,1-2H3/b26-18+/t28-/m1/s1. The van der Waals surface area contributed by atoms with Crippen LogP contribution in [-0.4, -0.2) is 35.1 Å². The Morgan fingerprint density at radius 1 is 1.10 bits per heavy atom. The fraction of sp³-hybridized carbons (Fsp3) is 0.323. The van der Waals surface area contributed by atoms with Gasteiger partial charge in [-0.1, -0.05) is 60.2 Å². The average Bonchev–Trinajstić information content (AvgIpc) is 3.51. The molecule has 0 bridgehead atoms. The van der Waals surface area contributed by atoms with Crippen LogP contribution in [0.4, 0.5) is 0 Å². The zero-order valence-corrected chi connectivity index (χ0v) is 23.0. The minimum Gasteiger partial charge on any atom is -0.463 e. The Morgan fingerprint density at radius 2 is 1.90 bits per heavy atom. The molecule has 0 N–H and O–H groups in total. The van der Waals surface area contributed by atoms with Crippen molar-refractivity contribution in [3.63, 3.8) is 0 Å². The second kappa shape index (κ2) is 10.8. The number of thiazole rings is 1. The van der Waals surface area contributed by atoms with Crippen LogP contribution >= 0.6 is 11.3 Å². The fourth-order valence-electron chi connectivity index (χ4n) is 5.60. The summed E-state index contributed by atoms with van der Waals surface area (Å²) < 4.78 is 13.7. The fourth-order valence-corrected chi connectivity index (χ4v) is 6.63. The van der Waals surface area contributed by atoms with Gasteiger partial charge in [0.15, 0.2) is 4.80 Å². The van der Waals surface area contributed by atoms with Crippen molar-refractivity contribution in [2.45, 2.75) is 45.7 Å². The first kappa shape index (κ1) is 25.5. The molecule has 0 aliphatic carbocycles. The number of allylic oxidation sites excluding steroid dienone is 1. The van der Waals surface area contributed by atoms with E-state index in [1.165, 1.54) is 30.6 Å². The van der Waals surface area contributed by atoms with Gasteiger partial charge in [0.1, 0.15) is 11.5 Å². The van der Waals surface area contributed by atoms with Gasteiger partial charge in [0.25, 0.3) is 5.56 Å². The van der Waals surface area contributed by atoms with Gasteiger partial charge in [-0.2, -0.15) is 0 Å². The molecule has 4 aromatic rings. The van der Waals surface area contributed by atoms with Crippen LogP contribution in [0.1, 0.15) is 56.2 Å². The molecule has 200 valence electrons. The number of carbonyl (C=O) groups excluding carboxylic acids is 1. The van der Waals surface area contributed by atoms with Crippen LogP contribution in [-0.2, 0) is 16.1 Å². The molecule has 0 saturated carbocycles. The largest absolute Gasteiger partial charge is 0.463 e. The maximum Gasteiger partial charge on any atom is 0.338 e. The molecule has 8 heteroatoms. The van der Waals surface area contributed by atoms with Crippen molar-refractivity contribution in [1.82, 2.24) is 9.47 Å². The van der Waals surface area contributed by atoms with Crippen molar-refractivity contribution in [2.75, 3.05) is 19.7 Å². The number of hydrogen-bond donors (Lipinski definition) is 0. The third kappa shape index (κ3) is 4.90. The first-order valence-electron chi connectivity index (χ1n) is 13.5. The molecule has 0 amide bonds. The van der Waals surface area contributed by atoms with Crippen molar-refractivity contribution in [3.8, 4) is 0 Å². The molecule has 39 heavy (non-hydrogen) atoms. The van der Waals surface area contributed by atoms with Gasteiger partial charge < -0.3 is 9.15 Å². The first-order valence-corrected chi connectivity index (χ1v) is 14.3. The van der Waals surface area contributed by atoms with Gasteiger partial charge in [-0.05, 0) is 68.2 Å². The minimum absolute atomic E-state index is 0.208. The van der Waals surface area contributed by atoms with Crippen LogP contribution in [0.3, 0.4) is 0 Å². The van der Waals surface area contributed by atoms with Gasteiger partial charge >= 0.3 is 5.97 Å². The van der Waals surface area contributed by atoms with E-state index < -0.39 is 12.0 Å². The summed E-state index contributed by atoms with van der Waals surface area (Å²) in [7, 11) is 0. The van der Waals surface area contributed by atoms with E-state index in [0.717, 1.165) is 41.7 Å². The van der Waals surface area contributed by atoms with Crippen LogP contribution in [0.5, 0.6) is 0 Å². The van der Waals surface area contributed by atoms with Gasteiger partial charge in [0.2, 0.25) is 0 Å². The molecule has 1 fully saturated rings. The summed E-state index contributed by atoms with van der Waals surface area (Å²) in [5.41, 5.74) is 1.59. The smallest absolute Gasteiger partial charge is 0.338 e. The normalized spacial score (nSPS) is 18.3. The summed E-state index contributed by atoms with van der Waals surface area (Å²) in [6, 6.07) is 17.2. The number of ether oxygens (including phenoxy) is 1. The summed E-state index contributed by atoms with van der Waals surface area (Å²) >= 11 is 1.31. The van der Waals surface area contributed by atoms with Crippen LogP contribution in [0.25, 0.3) is 16.8 Å². The second-order valence-electron chi connectivity index (χ2n) is 10.0. The van der Waals surface area contributed by atoms with E-state index in [4.69, 9.17) is 14.1 Å². The number of esters is 1. The van der Waals surface area contributed by atoms with E-state index in [1.807, 2.05) is 54.6 Å². The van der Waals surface area contributed by atoms with E-state index in [1.54, 1.807) is 24.5 Å². The Bertz CT molecular complexity index is 1750. The molecule has 1 atom stereocenters. The number of likely N-dealkylation sites (tertiary alicyclic amines) is 1. The molecule has 2 aliphatic heterocycles. The highest BCUT2D eigenvalue weighted by atomic mass is 32.1. The van der Waals surface area contributed by atoms with Crippen molar-refractivity contribution in [2.24, 2.45) is 4.99 Å². The molecule has 2 aromatic heterocycles. The number of hydrogen-bond acceptors (Lipinski definition) is 7. The minimum atomic E-state index is -0.653. The number of furan rings is 1. The number of piperidine rings is 1. The highest BCUT2D eigenvalue weighted by molar-refractivity contribution is 7.07. The van der Waals surface area contributed by atoms with Gasteiger partial charge in [-0.15, -0.1) is 0 Å². The monoisotopic (exact) mass is 541 g/mol. The topological polar surface area (TPSA) is 77.0 Å². The Hall–Kier alpha value is -3.75. The molecule has 6 rings (SSSR count). The van der Waals surface area contributed by atoms with Crippen molar-refractivity contribution in [3.05, 3.63) is 103 Å². The highest BCUT2D eigenvalue weighted by Gasteiger charge is 2.34. The van der Waals surface area contributed by atoms with Crippen LogP contribution < -0.4 is 14.9 Å². The predicted octanol–water partition coefficient (Wildman–Crippen LogP) is 4.53. The molecular formula is C31H31N3O4S. The Morgan fingerprint density at radius 3 is 2.72 bits per heavy atom. The third-order valence-corrected chi connectivity index (χ3v) is 8.40. The Labute approximate surface area is 230 Å². The van der Waals surface area contributed by atoms with Gasteiger partial charge in [0, 0.05) is 6.08 Å². The first-order chi connectivity index (χ1) is 19.0. The molecule has 1 saturated heterocycles. The van der Waals surface area contributed by atoms with Crippen LogP contribution in [0.15, 0.2) is 80.1 Å². The van der Waals surface area contributed by atoms with Crippen molar-refractivity contribution in [1.29, 1.82) is 0 Å². The number of aromatic nitrogens is 1. The van der Waals surface area contributed by atoms with Gasteiger partial charge in [0.05, 0.1) is 35.0 Å². The van der Waals surface area contributed by atoms with E-state index >= 15 is 0 Å². The van der Waals surface area contributed by atoms with Crippen molar-refractivity contribution >= 4 is 34.2 Å². The quantitative estimate of drug-likeness (QED) is 0.335. The summed E-state index contributed by atoms with van der Waals surface area (Å²) in [5, 5.41) is 2.01. The van der Waals surface area contributed by atoms with E-state index in [9.17, 15) is 9.59 Å².